The predicted molar refractivity (Wildman–Crippen MR) is 67.4 cm³/mol. The van der Waals surface area contributed by atoms with Crippen LogP contribution in [-0.2, 0) is 4.79 Å². The van der Waals surface area contributed by atoms with Crippen molar-refractivity contribution in [1.29, 1.82) is 0 Å². The van der Waals surface area contributed by atoms with Crippen LogP contribution in [0.15, 0.2) is 0 Å². The van der Waals surface area contributed by atoms with Gasteiger partial charge in [-0.05, 0) is 38.6 Å². The molecule has 1 aliphatic rings. The molecule has 94 valence electrons. The molecule has 1 rings (SSSR count). The van der Waals surface area contributed by atoms with Gasteiger partial charge in [-0.1, -0.05) is 20.8 Å². The average molecular weight is 226 g/mol. The maximum absolute atomic E-state index is 12.5. The molecule has 3 heteroatoms. The number of hydrogen-bond donors (Lipinski definition) is 1. The summed E-state index contributed by atoms with van der Waals surface area (Å²) in [5, 5.41) is 3.41. The van der Waals surface area contributed by atoms with E-state index in [-0.39, 0.29) is 5.54 Å². The van der Waals surface area contributed by atoms with Gasteiger partial charge in [0.05, 0.1) is 5.54 Å². The van der Waals surface area contributed by atoms with Crippen LogP contribution in [0.5, 0.6) is 0 Å². The molecule has 1 fully saturated rings. The minimum atomic E-state index is -0.267. The summed E-state index contributed by atoms with van der Waals surface area (Å²) in [4.78, 5) is 14.5. The van der Waals surface area contributed by atoms with E-state index in [4.69, 9.17) is 0 Å². The van der Waals surface area contributed by atoms with Crippen molar-refractivity contribution in [3.05, 3.63) is 0 Å². The molecule has 0 saturated carbocycles. The lowest BCUT2D eigenvalue weighted by molar-refractivity contribution is -0.139. The van der Waals surface area contributed by atoms with E-state index in [2.05, 4.69) is 26.1 Å². The summed E-state index contributed by atoms with van der Waals surface area (Å²) in [6.45, 7) is 7.39. The summed E-state index contributed by atoms with van der Waals surface area (Å²) in [6.07, 6.45) is 5.09. The fraction of sp³-hybridized carbons (Fsp3) is 0.923. The molecule has 0 aromatic carbocycles. The Labute approximate surface area is 99.6 Å². The van der Waals surface area contributed by atoms with Crippen LogP contribution in [0.4, 0.5) is 0 Å². The van der Waals surface area contributed by atoms with Crippen LogP contribution in [-0.4, -0.2) is 36.0 Å². The van der Waals surface area contributed by atoms with Crippen LogP contribution >= 0.6 is 0 Å². The van der Waals surface area contributed by atoms with E-state index in [1.807, 2.05) is 11.9 Å². The first-order valence-corrected chi connectivity index (χ1v) is 6.63. The molecule has 3 nitrogen and oxygen atoms in total. The van der Waals surface area contributed by atoms with Gasteiger partial charge in [-0.2, -0.15) is 0 Å². The van der Waals surface area contributed by atoms with E-state index >= 15 is 0 Å². The molecule has 0 aliphatic carbocycles. The summed E-state index contributed by atoms with van der Waals surface area (Å²) < 4.78 is 0. The topological polar surface area (TPSA) is 32.3 Å². The van der Waals surface area contributed by atoms with Crippen molar-refractivity contribution in [2.75, 3.05) is 13.6 Å². The first-order chi connectivity index (χ1) is 7.61. The number of carbonyl (C=O) groups excluding carboxylic acids is 1. The molecule has 1 saturated heterocycles. The van der Waals surface area contributed by atoms with E-state index in [1.165, 1.54) is 0 Å². The smallest absolute Gasteiger partial charge is 0.242 e. The maximum Gasteiger partial charge on any atom is 0.242 e. The molecule has 0 bridgehead atoms. The number of hydrogen-bond acceptors (Lipinski definition) is 2. The molecule has 0 spiro atoms. The van der Waals surface area contributed by atoms with Crippen molar-refractivity contribution >= 4 is 5.91 Å². The average Bonchev–Trinajstić information content (AvgIpc) is 2.79. The zero-order chi connectivity index (χ0) is 12.2. The first-order valence-electron chi connectivity index (χ1n) is 6.63. The lowest BCUT2D eigenvalue weighted by Gasteiger charge is -2.35. The second-order valence-corrected chi connectivity index (χ2v) is 4.85. The largest absolute Gasteiger partial charge is 0.341 e. The highest BCUT2D eigenvalue weighted by Crippen LogP contribution is 2.26. The van der Waals surface area contributed by atoms with Gasteiger partial charge in [0.25, 0.3) is 0 Å². The van der Waals surface area contributed by atoms with E-state index in [1.54, 1.807) is 0 Å². The van der Waals surface area contributed by atoms with E-state index in [9.17, 15) is 4.79 Å². The zero-order valence-corrected chi connectivity index (χ0v) is 11.2. The molecule has 16 heavy (non-hydrogen) atoms. The maximum atomic E-state index is 12.5. The van der Waals surface area contributed by atoms with Crippen molar-refractivity contribution in [2.45, 2.75) is 64.5 Å². The second kappa shape index (κ2) is 5.67. The molecule has 0 radical (unpaired) electrons. The number of rotatable bonds is 5. The Hall–Kier alpha value is -0.570. The summed E-state index contributed by atoms with van der Waals surface area (Å²) >= 11 is 0. The van der Waals surface area contributed by atoms with Gasteiger partial charge in [0.2, 0.25) is 5.91 Å². The van der Waals surface area contributed by atoms with Crippen LogP contribution < -0.4 is 5.32 Å². The van der Waals surface area contributed by atoms with Gasteiger partial charge in [0, 0.05) is 13.1 Å². The van der Waals surface area contributed by atoms with Crippen LogP contribution in [0.3, 0.4) is 0 Å². The molecule has 1 N–H and O–H groups in total. The Morgan fingerprint density at radius 1 is 1.38 bits per heavy atom. The molecular formula is C13H26N2O. The van der Waals surface area contributed by atoms with Gasteiger partial charge in [0.15, 0.2) is 0 Å². The molecule has 1 aliphatic heterocycles. The summed E-state index contributed by atoms with van der Waals surface area (Å²) in [7, 11) is 1.96. The van der Waals surface area contributed by atoms with E-state index < -0.39 is 0 Å². The third-order valence-electron chi connectivity index (χ3n) is 4.07. The third kappa shape index (κ3) is 2.40. The van der Waals surface area contributed by atoms with Crippen molar-refractivity contribution in [3.63, 3.8) is 0 Å². The van der Waals surface area contributed by atoms with Crippen LogP contribution in [0.2, 0.25) is 0 Å². The molecule has 1 unspecified atom stereocenters. The molecule has 0 aromatic heterocycles. The number of nitrogens with zero attached hydrogens (tertiary/aromatic N) is 1. The fourth-order valence-corrected chi connectivity index (χ4v) is 2.78. The zero-order valence-electron chi connectivity index (χ0n) is 11.2. The summed E-state index contributed by atoms with van der Waals surface area (Å²) in [5.41, 5.74) is -0.267. The number of amides is 1. The Balaban J connectivity index is 2.74. The van der Waals surface area contributed by atoms with Gasteiger partial charge < -0.3 is 10.2 Å². The van der Waals surface area contributed by atoms with Gasteiger partial charge in [0.1, 0.15) is 0 Å². The minimum absolute atomic E-state index is 0.267. The van der Waals surface area contributed by atoms with Crippen molar-refractivity contribution in [1.82, 2.24) is 10.2 Å². The van der Waals surface area contributed by atoms with Gasteiger partial charge in [-0.15, -0.1) is 0 Å². The summed E-state index contributed by atoms with van der Waals surface area (Å²) in [5.74, 6) is 0.293. The minimum Gasteiger partial charge on any atom is -0.341 e. The van der Waals surface area contributed by atoms with Crippen LogP contribution in [0.25, 0.3) is 0 Å². The predicted octanol–water partition coefficient (Wildman–Crippen LogP) is 2.17. The number of nitrogens with one attached hydrogen (secondary N) is 1. The second-order valence-electron chi connectivity index (χ2n) is 4.85. The quantitative estimate of drug-likeness (QED) is 0.779. The lowest BCUT2D eigenvalue weighted by atomic mass is 9.91. The summed E-state index contributed by atoms with van der Waals surface area (Å²) in [6, 6.07) is 0.387. The first kappa shape index (κ1) is 13.5. The Morgan fingerprint density at radius 2 is 2.00 bits per heavy atom. The van der Waals surface area contributed by atoms with Crippen LogP contribution in [0, 0.1) is 0 Å². The van der Waals surface area contributed by atoms with Gasteiger partial charge >= 0.3 is 0 Å². The molecule has 0 aromatic rings. The Bertz CT molecular complexity index is 230. The van der Waals surface area contributed by atoms with E-state index in [0.717, 1.165) is 38.6 Å². The normalized spacial score (nSPS) is 25.1. The van der Waals surface area contributed by atoms with Gasteiger partial charge in [-0.25, -0.2) is 0 Å². The SMILES string of the molecule is CCC(CC)N(C)C(=O)C1(CC)CCCN1. The Morgan fingerprint density at radius 3 is 2.38 bits per heavy atom. The van der Waals surface area contributed by atoms with Gasteiger partial charge in [-0.3, -0.25) is 4.79 Å². The number of likely N-dealkylation sites (N-methyl/N-ethyl adjacent to an activating group) is 1. The lowest BCUT2D eigenvalue weighted by Crippen LogP contribution is -2.55. The van der Waals surface area contributed by atoms with E-state index in [0.29, 0.717) is 11.9 Å². The van der Waals surface area contributed by atoms with Crippen LogP contribution in [0.1, 0.15) is 52.9 Å². The molecule has 1 amide bonds. The third-order valence-corrected chi connectivity index (χ3v) is 4.07. The standard InChI is InChI=1S/C13H26N2O/c1-5-11(6-2)15(4)12(16)13(7-3)9-8-10-14-13/h11,14H,5-10H2,1-4H3. The monoisotopic (exact) mass is 226 g/mol. The highest BCUT2D eigenvalue weighted by Gasteiger charge is 2.41. The highest BCUT2D eigenvalue weighted by atomic mass is 16.2. The fourth-order valence-electron chi connectivity index (χ4n) is 2.78. The molecule has 1 atom stereocenters. The molecule has 1 heterocycles. The van der Waals surface area contributed by atoms with Crippen molar-refractivity contribution in [3.8, 4) is 0 Å². The highest BCUT2D eigenvalue weighted by molar-refractivity contribution is 5.86. The number of carbonyl (C=O) groups is 1. The Kier molecular flexibility index (Phi) is 4.78. The van der Waals surface area contributed by atoms with Crippen molar-refractivity contribution in [2.24, 2.45) is 0 Å². The molecular weight excluding hydrogens is 200 g/mol. The van der Waals surface area contributed by atoms with Crippen molar-refractivity contribution < 1.29 is 4.79 Å².